The fourth-order valence-electron chi connectivity index (χ4n) is 3.31. The van der Waals surface area contributed by atoms with Gasteiger partial charge in [0.05, 0.1) is 31.3 Å². The summed E-state index contributed by atoms with van der Waals surface area (Å²) in [6.07, 6.45) is 1.51. The Bertz CT molecular complexity index is 1140. The van der Waals surface area contributed by atoms with E-state index in [0.29, 0.717) is 17.7 Å². The van der Waals surface area contributed by atoms with E-state index in [-0.39, 0.29) is 29.9 Å². The standard InChI is InChI=1S/C22H21FN4O4/c1-13-9-15(23)5-8-19(13)27-12-20(28)21(25-27)22(29)24-11-17-10-18(26-31-17)14-3-6-16(30-2)7-4-14/h3-9,12,17,28H,10-11H2,1-2H3,(H,24,29)/t17-/m0/s1. The number of hydrogen-bond donors (Lipinski definition) is 2. The maximum atomic E-state index is 13.3. The first kappa shape index (κ1) is 20.4. The molecule has 1 amide bonds. The Morgan fingerprint density at radius 1 is 1.32 bits per heavy atom. The number of benzene rings is 2. The molecule has 2 heterocycles. The van der Waals surface area contributed by atoms with Crippen molar-refractivity contribution in [2.24, 2.45) is 5.16 Å². The van der Waals surface area contributed by atoms with Gasteiger partial charge in [0, 0.05) is 6.42 Å². The molecule has 1 aliphatic rings. The lowest BCUT2D eigenvalue weighted by molar-refractivity contribution is 0.0749. The Balaban J connectivity index is 1.37. The van der Waals surface area contributed by atoms with E-state index in [1.165, 1.54) is 29.1 Å². The second kappa shape index (κ2) is 8.47. The third kappa shape index (κ3) is 4.35. The number of halogens is 1. The Labute approximate surface area is 177 Å². The van der Waals surface area contributed by atoms with Gasteiger partial charge in [0.15, 0.2) is 11.4 Å². The van der Waals surface area contributed by atoms with Crippen molar-refractivity contribution in [3.8, 4) is 17.2 Å². The first-order valence-electron chi connectivity index (χ1n) is 9.65. The van der Waals surface area contributed by atoms with Gasteiger partial charge in [-0.1, -0.05) is 5.16 Å². The molecule has 2 aromatic carbocycles. The molecule has 0 saturated heterocycles. The molecule has 8 nitrogen and oxygen atoms in total. The van der Waals surface area contributed by atoms with Gasteiger partial charge < -0.3 is 20.0 Å². The number of ether oxygens (including phenoxy) is 1. The maximum absolute atomic E-state index is 13.3. The van der Waals surface area contributed by atoms with Gasteiger partial charge in [-0.2, -0.15) is 5.10 Å². The highest BCUT2D eigenvalue weighted by atomic mass is 19.1. The van der Waals surface area contributed by atoms with Crippen LogP contribution in [0.1, 0.15) is 28.0 Å². The number of oxime groups is 1. The van der Waals surface area contributed by atoms with Crippen molar-refractivity contribution in [1.29, 1.82) is 0 Å². The van der Waals surface area contributed by atoms with Crippen molar-refractivity contribution in [3.05, 3.63) is 71.3 Å². The van der Waals surface area contributed by atoms with Crippen LogP contribution in [0.15, 0.2) is 53.8 Å². The average Bonchev–Trinajstić information content (AvgIpc) is 3.39. The third-order valence-corrected chi connectivity index (χ3v) is 4.96. The monoisotopic (exact) mass is 424 g/mol. The van der Waals surface area contributed by atoms with Crippen LogP contribution in [0.3, 0.4) is 0 Å². The number of hydrogen-bond acceptors (Lipinski definition) is 6. The van der Waals surface area contributed by atoms with Gasteiger partial charge in [-0.15, -0.1) is 0 Å². The normalized spacial score (nSPS) is 15.3. The zero-order chi connectivity index (χ0) is 22.0. The summed E-state index contributed by atoms with van der Waals surface area (Å²) in [5.41, 5.74) is 2.75. The maximum Gasteiger partial charge on any atom is 0.275 e. The molecule has 0 aliphatic carbocycles. The molecular formula is C22H21FN4O4. The number of amides is 1. The number of carbonyl (C=O) groups excluding carboxylic acids is 1. The fraction of sp³-hybridized carbons (Fsp3) is 0.227. The zero-order valence-corrected chi connectivity index (χ0v) is 17.0. The number of nitrogens with one attached hydrogen (secondary N) is 1. The van der Waals surface area contributed by atoms with E-state index in [9.17, 15) is 14.3 Å². The molecule has 3 aromatic rings. The first-order chi connectivity index (χ1) is 14.9. The minimum absolute atomic E-state index is 0.127. The topological polar surface area (TPSA) is 98.0 Å². The van der Waals surface area contributed by atoms with Gasteiger partial charge in [0.25, 0.3) is 5.91 Å². The van der Waals surface area contributed by atoms with Crippen molar-refractivity contribution in [1.82, 2.24) is 15.1 Å². The van der Waals surface area contributed by atoms with Crippen LogP contribution < -0.4 is 10.1 Å². The minimum Gasteiger partial charge on any atom is -0.504 e. The molecule has 0 spiro atoms. The summed E-state index contributed by atoms with van der Waals surface area (Å²) < 4.78 is 19.8. The van der Waals surface area contributed by atoms with Gasteiger partial charge in [0.1, 0.15) is 17.7 Å². The lowest BCUT2D eigenvalue weighted by Crippen LogP contribution is -2.32. The SMILES string of the molecule is COc1ccc(C2=NO[C@H](CNC(=O)c3nn(-c4ccc(F)cc4C)cc3O)C2)cc1. The Morgan fingerprint density at radius 2 is 2.10 bits per heavy atom. The van der Waals surface area contributed by atoms with E-state index >= 15 is 0 Å². The molecule has 160 valence electrons. The van der Waals surface area contributed by atoms with Gasteiger partial charge in [0.2, 0.25) is 0 Å². The molecule has 1 aromatic heterocycles. The molecule has 1 atom stereocenters. The van der Waals surface area contributed by atoms with E-state index in [1.54, 1.807) is 14.0 Å². The van der Waals surface area contributed by atoms with Crippen molar-refractivity contribution in [2.45, 2.75) is 19.4 Å². The molecule has 9 heteroatoms. The number of carbonyl (C=O) groups is 1. The number of nitrogens with zero attached hydrogens (tertiary/aromatic N) is 3. The fourth-order valence-corrected chi connectivity index (χ4v) is 3.31. The van der Waals surface area contributed by atoms with Gasteiger partial charge in [-0.05, 0) is 60.5 Å². The molecule has 0 bridgehead atoms. The molecule has 0 saturated carbocycles. The van der Waals surface area contributed by atoms with Crippen LogP contribution in [0.25, 0.3) is 5.69 Å². The average molecular weight is 424 g/mol. The van der Waals surface area contributed by atoms with Gasteiger partial charge in [-0.3, -0.25) is 4.79 Å². The van der Waals surface area contributed by atoms with E-state index in [0.717, 1.165) is 17.0 Å². The number of aromatic hydroxyl groups is 1. The Morgan fingerprint density at radius 3 is 2.81 bits per heavy atom. The van der Waals surface area contributed by atoms with Gasteiger partial charge >= 0.3 is 0 Å². The minimum atomic E-state index is -0.544. The molecule has 4 rings (SSSR count). The summed E-state index contributed by atoms with van der Waals surface area (Å²) in [6, 6.07) is 11.6. The molecule has 31 heavy (non-hydrogen) atoms. The zero-order valence-electron chi connectivity index (χ0n) is 17.0. The number of rotatable bonds is 6. The third-order valence-electron chi connectivity index (χ3n) is 4.96. The summed E-state index contributed by atoms with van der Waals surface area (Å²) in [5, 5.41) is 21.1. The van der Waals surface area contributed by atoms with Crippen LogP contribution >= 0.6 is 0 Å². The van der Waals surface area contributed by atoms with Crippen molar-refractivity contribution >= 4 is 11.6 Å². The van der Waals surface area contributed by atoms with E-state index in [2.05, 4.69) is 15.6 Å². The van der Waals surface area contributed by atoms with Crippen molar-refractivity contribution in [3.63, 3.8) is 0 Å². The highest BCUT2D eigenvalue weighted by molar-refractivity contribution is 6.01. The second-order valence-electron chi connectivity index (χ2n) is 7.15. The van der Waals surface area contributed by atoms with E-state index < -0.39 is 5.91 Å². The van der Waals surface area contributed by atoms with Crippen LogP contribution in [0.2, 0.25) is 0 Å². The summed E-state index contributed by atoms with van der Waals surface area (Å²) in [4.78, 5) is 17.9. The summed E-state index contributed by atoms with van der Waals surface area (Å²) in [6.45, 7) is 1.92. The Hall–Kier alpha value is -3.88. The highest BCUT2D eigenvalue weighted by Gasteiger charge is 2.24. The lowest BCUT2D eigenvalue weighted by Gasteiger charge is -2.09. The van der Waals surface area contributed by atoms with Gasteiger partial charge in [-0.25, -0.2) is 9.07 Å². The number of aryl methyl sites for hydroxylation is 1. The quantitative estimate of drug-likeness (QED) is 0.634. The molecule has 0 fully saturated rings. The van der Waals surface area contributed by atoms with Crippen LogP contribution in [-0.4, -0.2) is 46.3 Å². The molecule has 0 unspecified atom stereocenters. The second-order valence-corrected chi connectivity index (χ2v) is 7.15. The smallest absolute Gasteiger partial charge is 0.275 e. The summed E-state index contributed by atoms with van der Waals surface area (Å²) in [7, 11) is 1.60. The van der Waals surface area contributed by atoms with Crippen LogP contribution in [0.4, 0.5) is 4.39 Å². The number of aromatic nitrogens is 2. The lowest BCUT2D eigenvalue weighted by atomic mass is 10.0. The first-order valence-corrected chi connectivity index (χ1v) is 9.65. The van der Waals surface area contributed by atoms with Crippen molar-refractivity contribution in [2.75, 3.05) is 13.7 Å². The predicted octanol–water partition coefficient (Wildman–Crippen LogP) is 2.96. The van der Waals surface area contributed by atoms with Crippen LogP contribution in [-0.2, 0) is 4.84 Å². The van der Waals surface area contributed by atoms with Crippen LogP contribution in [0, 0.1) is 12.7 Å². The van der Waals surface area contributed by atoms with Crippen molar-refractivity contribution < 1.29 is 23.9 Å². The summed E-state index contributed by atoms with van der Waals surface area (Å²) in [5.74, 6) is -0.438. The predicted molar refractivity (Wildman–Crippen MR) is 111 cm³/mol. The molecule has 1 aliphatic heterocycles. The Kier molecular flexibility index (Phi) is 5.57. The molecular weight excluding hydrogens is 403 g/mol. The largest absolute Gasteiger partial charge is 0.504 e. The van der Waals surface area contributed by atoms with Crippen LogP contribution in [0.5, 0.6) is 11.5 Å². The molecule has 0 radical (unpaired) electrons. The van der Waals surface area contributed by atoms with E-state index in [1.807, 2.05) is 24.3 Å². The molecule has 2 N–H and O–H groups in total. The van der Waals surface area contributed by atoms with E-state index in [4.69, 9.17) is 9.57 Å². The summed E-state index contributed by atoms with van der Waals surface area (Å²) >= 11 is 0. The highest BCUT2D eigenvalue weighted by Crippen LogP contribution is 2.22. The number of methoxy groups -OCH3 is 1.